The molecule has 8 heteroatoms. The average Bonchev–Trinajstić information content (AvgIpc) is 3.15. The molecule has 2 aromatic rings. The maximum Gasteiger partial charge on any atom is 0.231 e. The highest BCUT2D eigenvalue weighted by Gasteiger charge is 2.20. The monoisotopic (exact) mass is 369 g/mol. The van der Waals surface area contributed by atoms with E-state index in [1.807, 2.05) is 24.4 Å². The van der Waals surface area contributed by atoms with E-state index in [1.165, 1.54) is 0 Å². The Labute approximate surface area is 157 Å². The van der Waals surface area contributed by atoms with E-state index < -0.39 is 0 Å². The molecule has 3 N–H and O–H groups in total. The SMILES string of the molecule is Nc1cc2c(cc1NC(=O)CCN1CCN(c3ccccn3)CC1)OCO2. The molecule has 1 amide bonds. The number of hydrogen-bond donors (Lipinski definition) is 2. The summed E-state index contributed by atoms with van der Waals surface area (Å²) >= 11 is 0. The molecular formula is C19H23N5O3. The van der Waals surface area contributed by atoms with Gasteiger partial charge in [0.2, 0.25) is 12.7 Å². The highest BCUT2D eigenvalue weighted by atomic mass is 16.7. The standard InChI is InChI=1S/C19H23N5O3/c20-14-11-16-17(27-13-26-16)12-15(14)22-19(25)4-6-23-7-9-24(10-8-23)18-3-1-2-5-21-18/h1-3,5,11-12H,4,6-10,13,20H2,(H,22,25). The molecule has 27 heavy (non-hydrogen) atoms. The van der Waals surface area contributed by atoms with E-state index in [2.05, 4.69) is 20.1 Å². The van der Waals surface area contributed by atoms with Gasteiger partial charge in [0.05, 0.1) is 11.4 Å². The number of benzene rings is 1. The highest BCUT2D eigenvalue weighted by molar-refractivity contribution is 5.94. The lowest BCUT2D eigenvalue weighted by atomic mass is 10.2. The van der Waals surface area contributed by atoms with Gasteiger partial charge in [0.1, 0.15) is 5.82 Å². The molecule has 0 bridgehead atoms. The summed E-state index contributed by atoms with van der Waals surface area (Å²) in [5.41, 5.74) is 7.01. The molecule has 142 valence electrons. The Morgan fingerprint density at radius 3 is 2.67 bits per heavy atom. The lowest BCUT2D eigenvalue weighted by molar-refractivity contribution is -0.116. The first-order valence-electron chi connectivity index (χ1n) is 9.06. The minimum atomic E-state index is -0.0623. The summed E-state index contributed by atoms with van der Waals surface area (Å²) in [6.07, 6.45) is 2.23. The number of anilines is 3. The molecule has 0 unspecified atom stereocenters. The first kappa shape index (κ1) is 17.4. The molecule has 0 aliphatic carbocycles. The van der Waals surface area contributed by atoms with Gasteiger partial charge >= 0.3 is 0 Å². The second kappa shape index (κ2) is 7.71. The molecule has 1 aromatic carbocycles. The van der Waals surface area contributed by atoms with Crippen molar-refractivity contribution in [3.8, 4) is 11.5 Å². The summed E-state index contributed by atoms with van der Waals surface area (Å²) in [7, 11) is 0. The van der Waals surface area contributed by atoms with Crippen LogP contribution in [0.25, 0.3) is 0 Å². The number of amides is 1. The fourth-order valence-electron chi connectivity index (χ4n) is 3.28. The van der Waals surface area contributed by atoms with Crippen molar-refractivity contribution >= 4 is 23.1 Å². The lowest BCUT2D eigenvalue weighted by Crippen LogP contribution is -2.47. The molecule has 1 aromatic heterocycles. The number of piperazine rings is 1. The number of nitrogens with two attached hydrogens (primary N) is 1. The van der Waals surface area contributed by atoms with Gasteiger partial charge in [-0.25, -0.2) is 4.98 Å². The van der Waals surface area contributed by atoms with Gasteiger partial charge in [-0.2, -0.15) is 0 Å². The maximum atomic E-state index is 12.3. The van der Waals surface area contributed by atoms with Gasteiger partial charge in [0.25, 0.3) is 0 Å². The normalized spacial score (nSPS) is 16.4. The van der Waals surface area contributed by atoms with E-state index in [9.17, 15) is 4.79 Å². The first-order chi connectivity index (χ1) is 13.2. The molecule has 0 radical (unpaired) electrons. The van der Waals surface area contributed by atoms with E-state index in [0.717, 1.165) is 32.0 Å². The molecule has 0 spiro atoms. The van der Waals surface area contributed by atoms with Crippen LogP contribution in [0.1, 0.15) is 6.42 Å². The van der Waals surface area contributed by atoms with Crippen LogP contribution in [-0.2, 0) is 4.79 Å². The van der Waals surface area contributed by atoms with Crippen LogP contribution in [0.2, 0.25) is 0 Å². The predicted octanol–water partition coefficient (Wildman–Crippen LogP) is 1.54. The van der Waals surface area contributed by atoms with Gasteiger partial charge in [0, 0.05) is 57.5 Å². The number of carbonyl (C=O) groups excluding carboxylic acids is 1. The zero-order chi connectivity index (χ0) is 18.6. The fraction of sp³-hybridized carbons (Fsp3) is 0.368. The van der Waals surface area contributed by atoms with Crippen LogP contribution in [-0.4, -0.2) is 55.3 Å². The Hall–Kier alpha value is -3.00. The largest absolute Gasteiger partial charge is 0.454 e. The summed E-state index contributed by atoms with van der Waals surface area (Å²) in [5, 5.41) is 2.87. The van der Waals surface area contributed by atoms with Gasteiger partial charge in [0.15, 0.2) is 11.5 Å². The molecule has 4 rings (SSSR count). The fourth-order valence-corrected chi connectivity index (χ4v) is 3.28. The second-order valence-electron chi connectivity index (χ2n) is 6.61. The Morgan fingerprint density at radius 1 is 1.15 bits per heavy atom. The molecule has 2 aliphatic heterocycles. The number of pyridine rings is 1. The van der Waals surface area contributed by atoms with Crippen molar-refractivity contribution in [2.45, 2.75) is 6.42 Å². The number of rotatable bonds is 5. The van der Waals surface area contributed by atoms with E-state index >= 15 is 0 Å². The number of nitrogens with zero attached hydrogens (tertiary/aromatic N) is 3. The van der Waals surface area contributed by atoms with Crippen molar-refractivity contribution in [1.29, 1.82) is 0 Å². The van der Waals surface area contributed by atoms with Gasteiger partial charge in [-0.05, 0) is 12.1 Å². The molecule has 8 nitrogen and oxygen atoms in total. The zero-order valence-electron chi connectivity index (χ0n) is 15.1. The summed E-state index contributed by atoms with van der Waals surface area (Å²) in [6, 6.07) is 9.33. The maximum absolute atomic E-state index is 12.3. The van der Waals surface area contributed by atoms with Crippen molar-refractivity contribution in [3.05, 3.63) is 36.5 Å². The summed E-state index contributed by atoms with van der Waals surface area (Å²) in [4.78, 5) is 21.3. The van der Waals surface area contributed by atoms with Crippen LogP contribution in [0.5, 0.6) is 11.5 Å². The smallest absolute Gasteiger partial charge is 0.231 e. The number of hydrogen-bond acceptors (Lipinski definition) is 7. The predicted molar refractivity (Wildman–Crippen MR) is 103 cm³/mol. The van der Waals surface area contributed by atoms with Crippen molar-refractivity contribution in [2.24, 2.45) is 0 Å². The number of nitrogens with one attached hydrogen (secondary N) is 1. The van der Waals surface area contributed by atoms with Crippen molar-refractivity contribution in [3.63, 3.8) is 0 Å². The van der Waals surface area contributed by atoms with E-state index in [0.29, 0.717) is 35.8 Å². The Balaban J connectivity index is 1.25. The average molecular weight is 369 g/mol. The molecule has 1 saturated heterocycles. The highest BCUT2D eigenvalue weighted by Crippen LogP contribution is 2.38. The number of nitrogen functional groups attached to an aromatic ring is 1. The summed E-state index contributed by atoms with van der Waals surface area (Å²) < 4.78 is 10.6. The van der Waals surface area contributed by atoms with Gasteiger partial charge < -0.3 is 25.4 Å². The van der Waals surface area contributed by atoms with Crippen molar-refractivity contribution in [1.82, 2.24) is 9.88 Å². The van der Waals surface area contributed by atoms with Crippen molar-refractivity contribution < 1.29 is 14.3 Å². The molecule has 0 saturated carbocycles. The van der Waals surface area contributed by atoms with E-state index in [-0.39, 0.29) is 12.7 Å². The quantitative estimate of drug-likeness (QED) is 0.772. The van der Waals surface area contributed by atoms with Crippen LogP contribution in [0.4, 0.5) is 17.2 Å². The van der Waals surface area contributed by atoms with Crippen LogP contribution in [0, 0.1) is 0 Å². The topological polar surface area (TPSA) is 93.0 Å². The molecule has 3 heterocycles. The van der Waals surface area contributed by atoms with Crippen LogP contribution >= 0.6 is 0 Å². The van der Waals surface area contributed by atoms with E-state index in [4.69, 9.17) is 15.2 Å². The number of carbonyl (C=O) groups is 1. The first-order valence-corrected chi connectivity index (χ1v) is 9.06. The van der Waals surface area contributed by atoms with Gasteiger partial charge in [-0.15, -0.1) is 0 Å². The molecular weight excluding hydrogens is 346 g/mol. The number of aromatic nitrogens is 1. The second-order valence-corrected chi connectivity index (χ2v) is 6.61. The van der Waals surface area contributed by atoms with Crippen molar-refractivity contribution in [2.75, 3.05) is 55.5 Å². The Morgan fingerprint density at radius 2 is 1.93 bits per heavy atom. The Kier molecular flexibility index (Phi) is 4.97. The van der Waals surface area contributed by atoms with Gasteiger partial charge in [-0.1, -0.05) is 6.07 Å². The van der Waals surface area contributed by atoms with Crippen LogP contribution < -0.4 is 25.4 Å². The molecule has 0 atom stereocenters. The summed E-state index contributed by atoms with van der Waals surface area (Å²) in [6.45, 7) is 4.54. The lowest BCUT2D eigenvalue weighted by Gasteiger charge is -2.35. The zero-order valence-corrected chi connectivity index (χ0v) is 15.1. The Bertz CT molecular complexity index is 806. The van der Waals surface area contributed by atoms with Gasteiger partial charge in [-0.3, -0.25) is 9.69 Å². The minimum Gasteiger partial charge on any atom is -0.454 e. The minimum absolute atomic E-state index is 0.0623. The van der Waals surface area contributed by atoms with Crippen LogP contribution in [0.3, 0.4) is 0 Å². The number of ether oxygens (including phenoxy) is 2. The van der Waals surface area contributed by atoms with E-state index in [1.54, 1.807) is 12.1 Å². The van der Waals surface area contributed by atoms with Crippen LogP contribution in [0.15, 0.2) is 36.5 Å². The summed E-state index contributed by atoms with van der Waals surface area (Å²) in [5.74, 6) is 2.15. The third-order valence-corrected chi connectivity index (χ3v) is 4.82. The third kappa shape index (κ3) is 4.06. The third-order valence-electron chi connectivity index (χ3n) is 4.82. The molecule has 2 aliphatic rings. The number of fused-ring (bicyclic) bond motifs is 1. The molecule has 1 fully saturated rings.